The van der Waals surface area contributed by atoms with Crippen LogP contribution in [0.5, 0.6) is 5.75 Å². The molecule has 2 aliphatic rings. The van der Waals surface area contributed by atoms with Gasteiger partial charge in [0.05, 0.1) is 32.6 Å². The molecule has 1 saturated heterocycles. The van der Waals surface area contributed by atoms with Crippen molar-refractivity contribution >= 4 is 50.2 Å². The first-order valence-corrected chi connectivity index (χ1v) is 12.4. The van der Waals surface area contributed by atoms with Gasteiger partial charge in [-0.15, -0.1) is 0 Å². The lowest BCUT2D eigenvalue weighted by Gasteiger charge is -2.32. The van der Waals surface area contributed by atoms with Crippen LogP contribution in [-0.2, 0) is 14.6 Å². The van der Waals surface area contributed by atoms with Crippen LogP contribution < -0.4 is 15.0 Å². The molecule has 0 saturated carbocycles. The molecule has 2 aliphatic heterocycles. The number of thioether (sulfide) groups is 1. The van der Waals surface area contributed by atoms with Crippen molar-refractivity contribution in [3.63, 3.8) is 0 Å². The molecule has 2 heterocycles. The van der Waals surface area contributed by atoms with E-state index in [9.17, 15) is 18.0 Å². The van der Waals surface area contributed by atoms with Crippen LogP contribution in [0.4, 0.5) is 16.2 Å². The Morgan fingerprint density at radius 3 is 2.06 bits per heavy atom. The van der Waals surface area contributed by atoms with Crippen LogP contribution in [0.3, 0.4) is 0 Å². The number of carbonyl (C=O) groups excluding carboxylic acids is 2. The third-order valence-corrected chi connectivity index (χ3v) is 7.95. The van der Waals surface area contributed by atoms with Gasteiger partial charge in [-0.25, -0.2) is 8.42 Å². The van der Waals surface area contributed by atoms with E-state index in [0.717, 1.165) is 17.3 Å². The Kier molecular flexibility index (Phi) is 5.43. The van der Waals surface area contributed by atoms with Crippen molar-refractivity contribution < 1.29 is 22.7 Å². The molecular weight excluding hydrogens is 460 g/mol. The fraction of sp³-hybridized carbons (Fsp3) is 0.0833. The Hall–Kier alpha value is -3.56. The molecule has 3 aromatic carbocycles. The zero-order valence-electron chi connectivity index (χ0n) is 17.2. The van der Waals surface area contributed by atoms with Crippen molar-refractivity contribution in [1.29, 1.82) is 0 Å². The maximum atomic E-state index is 13.0. The lowest BCUT2D eigenvalue weighted by atomic mass is 10.2. The standard InChI is InChI=1S/C24H18N2O5S2/c27-23-20(32-24(28)25-23)15-16-9-11-17(12-10-16)31-14-13-26-18-5-1-3-7-21(18)33(29,30)22-8-4-2-6-19(22)26/h1-12,15H,13-14H2,(H,25,27,28). The molecular formula is C24H18N2O5S2. The number of para-hydroxylation sites is 2. The monoisotopic (exact) mass is 478 g/mol. The molecule has 0 bridgehead atoms. The number of ether oxygens (including phenoxy) is 1. The smallest absolute Gasteiger partial charge is 0.290 e. The minimum absolute atomic E-state index is 0.286. The van der Waals surface area contributed by atoms with Gasteiger partial charge >= 0.3 is 0 Å². The van der Waals surface area contributed by atoms with Gasteiger partial charge in [-0.3, -0.25) is 14.9 Å². The molecule has 2 amide bonds. The van der Waals surface area contributed by atoms with Crippen LogP contribution in [0.25, 0.3) is 6.08 Å². The number of nitrogens with one attached hydrogen (secondary N) is 1. The topological polar surface area (TPSA) is 92.8 Å². The summed E-state index contributed by atoms with van der Waals surface area (Å²) in [6.45, 7) is 0.782. The van der Waals surface area contributed by atoms with Gasteiger partial charge in [0.15, 0.2) is 0 Å². The van der Waals surface area contributed by atoms with Gasteiger partial charge in [0.25, 0.3) is 11.1 Å². The van der Waals surface area contributed by atoms with Crippen molar-refractivity contribution in [1.82, 2.24) is 5.32 Å². The quantitative estimate of drug-likeness (QED) is 0.544. The van der Waals surface area contributed by atoms with Crippen LogP contribution >= 0.6 is 11.8 Å². The summed E-state index contributed by atoms with van der Waals surface area (Å²) in [6, 6.07) is 21.1. The van der Waals surface area contributed by atoms with Crippen molar-refractivity contribution in [3.05, 3.63) is 83.3 Å². The van der Waals surface area contributed by atoms with E-state index in [-0.39, 0.29) is 15.0 Å². The Balaban J connectivity index is 1.31. The summed E-state index contributed by atoms with van der Waals surface area (Å²) in [5.41, 5.74) is 2.03. The first-order valence-electron chi connectivity index (χ1n) is 10.1. The van der Waals surface area contributed by atoms with Crippen molar-refractivity contribution in [3.8, 4) is 5.75 Å². The molecule has 7 nitrogen and oxygen atoms in total. The maximum absolute atomic E-state index is 13.0. The zero-order valence-corrected chi connectivity index (χ0v) is 18.9. The van der Waals surface area contributed by atoms with Gasteiger partial charge in [-0.1, -0.05) is 36.4 Å². The number of fused-ring (bicyclic) bond motifs is 2. The summed E-state index contributed by atoms with van der Waals surface area (Å²) in [5, 5.41) is 1.85. The van der Waals surface area contributed by atoms with Crippen LogP contribution in [-0.4, -0.2) is 32.7 Å². The molecule has 166 valence electrons. The van der Waals surface area contributed by atoms with Gasteiger partial charge in [0.1, 0.15) is 12.4 Å². The van der Waals surface area contributed by atoms with E-state index in [4.69, 9.17) is 4.74 Å². The highest BCUT2D eigenvalue weighted by Crippen LogP contribution is 2.43. The van der Waals surface area contributed by atoms with E-state index in [2.05, 4.69) is 5.32 Å². The SMILES string of the molecule is O=C1NC(=O)C(=Cc2ccc(OCCN3c4ccccc4S(=O)(=O)c4ccccc43)cc2)S1. The number of benzene rings is 3. The minimum Gasteiger partial charge on any atom is -0.492 e. The highest BCUT2D eigenvalue weighted by Gasteiger charge is 2.33. The first kappa shape index (κ1) is 21.3. The van der Waals surface area contributed by atoms with E-state index in [1.807, 2.05) is 17.0 Å². The fourth-order valence-electron chi connectivity index (χ4n) is 3.79. The predicted octanol–water partition coefficient (Wildman–Crippen LogP) is 4.37. The Labute approximate surface area is 195 Å². The summed E-state index contributed by atoms with van der Waals surface area (Å²) in [5.74, 6) is 0.248. The normalized spacial score (nSPS) is 17.5. The minimum atomic E-state index is -3.57. The molecule has 0 spiro atoms. The zero-order chi connectivity index (χ0) is 23.0. The van der Waals surface area contributed by atoms with Gasteiger partial charge in [0.2, 0.25) is 9.84 Å². The predicted molar refractivity (Wildman–Crippen MR) is 126 cm³/mol. The highest BCUT2D eigenvalue weighted by molar-refractivity contribution is 8.18. The second-order valence-corrected chi connectivity index (χ2v) is 10.3. The Morgan fingerprint density at radius 1 is 0.879 bits per heavy atom. The number of sulfone groups is 1. The van der Waals surface area contributed by atoms with Crippen LogP contribution in [0.1, 0.15) is 5.56 Å². The Morgan fingerprint density at radius 2 is 1.48 bits per heavy atom. The number of rotatable bonds is 5. The summed E-state index contributed by atoms with van der Waals surface area (Å²) in [6.07, 6.45) is 1.65. The molecule has 0 aliphatic carbocycles. The van der Waals surface area contributed by atoms with E-state index in [0.29, 0.717) is 35.2 Å². The number of amides is 2. The van der Waals surface area contributed by atoms with Crippen molar-refractivity contribution in [2.75, 3.05) is 18.1 Å². The molecule has 0 aromatic heterocycles. The average molecular weight is 479 g/mol. The fourth-order valence-corrected chi connectivity index (χ4v) is 6.13. The molecule has 1 fully saturated rings. The van der Waals surface area contributed by atoms with Crippen molar-refractivity contribution in [2.45, 2.75) is 9.79 Å². The summed E-state index contributed by atoms with van der Waals surface area (Å²) >= 11 is 0.873. The van der Waals surface area contributed by atoms with Gasteiger partial charge in [-0.05, 0) is 59.8 Å². The average Bonchev–Trinajstić information content (AvgIpc) is 3.13. The van der Waals surface area contributed by atoms with E-state index in [1.165, 1.54) is 0 Å². The van der Waals surface area contributed by atoms with Gasteiger partial charge in [-0.2, -0.15) is 0 Å². The summed E-state index contributed by atoms with van der Waals surface area (Å²) < 4.78 is 31.9. The number of hydrogen-bond donors (Lipinski definition) is 1. The number of nitrogens with zero attached hydrogens (tertiary/aromatic N) is 1. The number of imide groups is 1. The third-order valence-electron chi connectivity index (χ3n) is 5.29. The molecule has 0 radical (unpaired) electrons. The van der Waals surface area contributed by atoms with E-state index >= 15 is 0 Å². The molecule has 33 heavy (non-hydrogen) atoms. The third kappa shape index (κ3) is 4.01. The number of carbonyl (C=O) groups is 2. The van der Waals surface area contributed by atoms with Gasteiger partial charge < -0.3 is 9.64 Å². The van der Waals surface area contributed by atoms with Crippen LogP contribution in [0.15, 0.2) is 87.5 Å². The van der Waals surface area contributed by atoms with Gasteiger partial charge in [0, 0.05) is 0 Å². The summed E-state index contributed by atoms with van der Waals surface area (Å²) in [7, 11) is -3.57. The van der Waals surface area contributed by atoms with Crippen LogP contribution in [0, 0.1) is 0 Å². The highest BCUT2D eigenvalue weighted by atomic mass is 32.2. The van der Waals surface area contributed by atoms with Crippen molar-refractivity contribution in [2.24, 2.45) is 0 Å². The second-order valence-electron chi connectivity index (χ2n) is 7.36. The lowest BCUT2D eigenvalue weighted by molar-refractivity contribution is -0.115. The molecule has 9 heteroatoms. The molecule has 0 atom stereocenters. The van der Waals surface area contributed by atoms with E-state index in [1.54, 1.807) is 66.7 Å². The number of anilines is 2. The van der Waals surface area contributed by atoms with Crippen LogP contribution in [0.2, 0.25) is 0 Å². The summed E-state index contributed by atoms with van der Waals surface area (Å²) in [4.78, 5) is 25.8. The second kappa shape index (κ2) is 8.42. The maximum Gasteiger partial charge on any atom is 0.290 e. The number of hydrogen-bond acceptors (Lipinski definition) is 7. The largest absolute Gasteiger partial charge is 0.492 e. The molecule has 0 unspecified atom stereocenters. The Bertz CT molecular complexity index is 1340. The lowest BCUT2D eigenvalue weighted by Crippen LogP contribution is -2.29. The molecule has 5 rings (SSSR count). The molecule has 3 aromatic rings. The van der Waals surface area contributed by atoms with E-state index < -0.39 is 15.7 Å². The molecule has 1 N–H and O–H groups in total. The first-order chi connectivity index (χ1) is 15.9.